The van der Waals surface area contributed by atoms with Gasteiger partial charge < -0.3 is 9.84 Å². The number of carbonyl (C=O) groups excluding carboxylic acids is 4. The molecular weight excluding hydrogens is 481 g/mol. The Balaban J connectivity index is 1.62. The first-order chi connectivity index (χ1) is 15.2. The van der Waals surface area contributed by atoms with Crippen LogP contribution >= 0.6 is 35.0 Å². The van der Waals surface area contributed by atoms with Crippen molar-refractivity contribution in [3.63, 3.8) is 0 Å². The molecule has 1 aliphatic rings. The van der Waals surface area contributed by atoms with Gasteiger partial charge in [0, 0.05) is 17.0 Å². The van der Waals surface area contributed by atoms with Crippen molar-refractivity contribution in [2.45, 2.75) is 11.7 Å². The number of esters is 1. The minimum atomic E-state index is -1.08. The second-order valence-corrected chi connectivity index (χ2v) is 8.67. The molecule has 1 N–H and O–H groups in total. The van der Waals surface area contributed by atoms with Crippen LogP contribution in [-0.4, -0.2) is 52.3 Å². The van der Waals surface area contributed by atoms with Crippen molar-refractivity contribution < 1.29 is 33.8 Å². The van der Waals surface area contributed by atoms with Gasteiger partial charge in [-0.1, -0.05) is 23.2 Å². The number of Topliss-reactive ketones (excluding diaryl/α,β-unsaturated/α-hetero) is 1. The Morgan fingerprint density at radius 2 is 1.78 bits per heavy atom. The van der Waals surface area contributed by atoms with Gasteiger partial charge in [-0.3, -0.25) is 19.2 Å². The summed E-state index contributed by atoms with van der Waals surface area (Å²) in [6.07, 6.45) is -0.101. The quantitative estimate of drug-likeness (QED) is 0.335. The van der Waals surface area contributed by atoms with Crippen LogP contribution in [0.4, 0.5) is 5.69 Å². The number of anilines is 1. The molecule has 8 nitrogen and oxygen atoms in total. The average Bonchev–Trinajstić information content (AvgIpc) is 3.03. The lowest BCUT2D eigenvalue weighted by atomic mass is 10.1. The van der Waals surface area contributed by atoms with Crippen molar-refractivity contribution in [1.82, 2.24) is 0 Å². The number of ether oxygens (including phenoxy) is 1. The summed E-state index contributed by atoms with van der Waals surface area (Å²) in [4.78, 5) is 60.8. The van der Waals surface area contributed by atoms with Crippen molar-refractivity contribution >= 4 is 70.2 Å². The SMILES string of the molecule is O=C(O)CSC1CC(=O)N(c2ccc(C(=O)OCC(=O)c3ccc(Cl)cc3Cl)cc2)C1=O. The molecule has 0 aromatic heterocycles. The van der Waals surface area contributed by atoms with Crippen LogP contribution in [0.2, 0.25) is 10.0 Å². The van der Waals surface area contributed by atoms with E-state index < -0.39 is 41.4 Å². The van der Waals surface area contributed by atoms with E-state index in [1.165, 1.54) is 42.5 Å². The summed E-state index contributed by atoms with van der Waals surface area (Å²) in [6, 6.07) is 9.84. The molecule has 1 fully saturated rings. The van der Waals surface area contributed by atoms with Crippen LogP contribution in [0, 0.1) is 0 Å². The van der Waals surface area contributed by atoms with Crippen LogP contribution in [0.3, 0.4) is 0 Å². The average molecular weight is 496 g/mol. The summed E-state index contributed by atoms with van der Waals surface area (Å²) in [5.74, 6) is -3.62. The van der Waals surface area contributed by atoms with E-state index in [2.05, 4.69) is 0 Å². The summed E-state index contributed by atoms with van der Waals surface area (Å²) < 4.78 is 5.02. The van der Waals surface area contributed by atoms with Crippen LogP contribution in [0.1, 0.15) is 27.1 Å². The van der Waals surface area contributed by atoms with Crippen molar-refractivity contribution in [3.05, 3.63) is 63.6 Å². The Morgan fingerprint density at radius 1 is 1.09 bits per heavy atom. The van der Waals surface area contributed by atoms with E-state index in [0.29, 0.717) is 5.02 Å². The van der Waals surface area contributed by atoms with Crippen LogP contribution < -0.4 is 4.90 Å². The Labute approximate surface area is 196 Å². The minimum Gasteiger partial charge on any atom is -0.481 e. The Morgan fingerprint density at radius 3 is 2.41 bits per heavy atom. The first-order valence-electron chi connectivity index (χ1n) is 9.13. The van der Waals surface area contributed by atoms with Crippen LogP contribution in [0.5, 0.6) is 0 Å². The number of hydrogen-bond donors (Lipinski definition) is 1. The van der Waals surface area contributed by atoms with Crippen molar-refractivity contribution in [1.29, 1.82) is 0 Å². The number of hydrogen-bond acceptors (Lipinski definition) is 7. The van der Waals surface area contributed by atoms with Gasteiger partial charge in [0.15, 0.2) is 6.61 Å². The fourth-order valence-corrected chi connectivity index (χ4v) is 4.30. The Bertz CT molecular complexity index is 1100. The Hall–Kier alpha value is -2.88. The van der Waals surface area contributed by atoms with E-state index in [0.717, 1.165) is 16.7 Å². The van der Waals surface area contributed by atoms with Gasteiger partial charge in [-0.2, -0.15) is 0 Å². The highest BCUT2D eigenvalue weighted by Gasteiger charge is 2.40. The van der Waals surface area contributed by atoms with Crippen LogP contribution in [-0.2, 0) is 19.1 Å². The largest absolute Gasteiger partial charge is 0.481 e. The lowest BCUT2D eigenvalue weighted by Crippen LogP contribution is -2.31. The number of ketones is 1. The Kier molecular flexibility index (Phi) is 7.55. The molecule has 32 heavy (non-hydrogen) atoms. The molecule has 0 bridgehead atoms. The molecule has 2 aromatic rings. The number of imide groups is 1. The van der Waals surface area contributed by atoms with Crippen molar-refractivity contribution in [3.8, 4) is 0 Å². The van der Waals surface area contributed by atoms with E-state index in [1.807, 2.05) is 0 Å². The first kappa shape index (κ1) is 23.8. The summed E-state index contributed by atoms with van der Waals surface area (Å²) >= 11 is 12.6. The van der Waals surface area contributed by atoms with Crippen LogP contribution in [0.25, 0.3) is 0 Å². The smallest absolute Gasteiger partial charge is 0.338 e. The fraction of sp³-hybridized carbons (Fsp3) is 0.190. The number of halogens is 2. The molecule has 11 heteroatoms. The lowest BCUT2D eigenvalue weighted by Gasteiger charge is -2.15. The topological polar surface area (TPSA) is 118 Å². The molecule has 2 amide bonds. The van der Waals surface area contributed by atoms with Crippen molar-refractivity contribution in [2.24, 2.45) is 0 Å². The standard InChI is InChI=1S/C21H15Cl2NO7S/c22-12-3-6-14(15(23)7-12)16(25)9-31-21(30)11-1-4-13(5-2-11)24-18(26)8-17(20(24)29)32-10-19(27)28/h1-7,17H,8-10H2,(H,27,28). The maximum atomic E-state index is 12.5. The number of carboxylic acid groups (broad SMARTS) is 1. The molecule has 3 rings (SSSR count). The zero-order valence-electron chi connectivity index (χ0n) is 16.2. The predicted octanol–water partition coefficient (Wildman–Crippen LogP) is 3.48. The number of carboxylic acids is 1. The third-order valence-corrected chi connectivity index (χ3v) is 6.17. The van der Waals surface area contributed by atoms with Gasteiger partial charge in [0.1, 0.15) is 0 Å². The molecule has 0 radical (unpaired) electrons. The van der Waals surface area contributed by atoms with E-state index in [9.17, 15) is 24.0 Å². The molecule has 0 saturated carbocycles. The minimum absolute atomic E-state index is 0.101. The van der Waals surface area contributed by atoms with Crippen molar-refractivity contribution in [2.75, 3.05) is 17.3 Å². The molecule has 0 aliphatic carbocycles. The lowest BCUT2D eigenvalue weighted by molar-refractivity contribution is -0.134. The van der Waals surface area contributed by atoms with E-state index in [1.54, 1.807) is 0 Å². The number of carbonyl (C=O) groups is 5. The molecule has 1 aliphatic heterocycles. The van der Waals surface area contributed by atoms with Gasteiger partial charge in [-0.25, -0.2) is 9.69 Å². The third kappa shape index (κ3) is 5.48. The van der Waals surface area contributed by atoms with Gasteiger partial charge in [0.05, 0.1) is 27.3 Å². The monoisotopic (exact) mass is 495 g/mol. The van der Waals surface area contributed by atoms with Gasteiger partial charge in [0.25, 0.3) is 0 Å². The highest BCUT2D eigenvalue weighted by atomic mass is 35.5. The van der Waals surface area contributed by atoms with E-state index >= 15 is 0 Å². The van der Waals surface area contributed by atoms with Gasteiger partial charge in [-0.05, 0) is 42.5 Å². The zero-order chi connectivity index (χ0) is 23.4. The predicted molar refractivity (Wildman–Crippen MR) is 119 cm³/mol. The molecular formula is C21H15Cl2NO7S. The normalized spacial score (nSPS) is 15.7. The molecule has 1 atom stereocenters. The first-order valence-corrected chi connectivity index (χ1v) is 10.9. The molecule has 1 saturated heterocycles. The summed E-state index contributed by atoms with van der Waals surface area (Å²) in [5, 5.41) is 8.49. The maximum Gasteiger partial charge on any atom is 0.338 e. The number of rotatable bonds is 8. The number of nitrogens with zero attached hydrogens (tertiary/aromatic N) is 1. The second-order valence-electron chi connectivity index (χ2n) is 6.64. The highest BCUT2D eigenvalue weighted by molar-refractivity contribution is 8.01. The van der Waals surface area contributed by atoms with Gasteiger partial charge in [0.2, 0.25) is 17.6 Å². The number of thioether (sulfide) groups is 1. The van der Waals surface area contributed by atoms with Gasteiger partial charge >= 0.3 is 11.9 Å². The molecule has 2 aromatic carbocycles. The molecule has 1 heterocycles. The summed E-state index contributed by atoms with van der Waals surface area (Å²) in [6.45, 7) is -0.534. The van der Waals surface area contributed by atoms with E-state index in [-0.39, 0.29) is 34.0 Å². The zero-order valence-corrected chi connectivity index (χ0v) is 18.6. The number of aliphatic carboxylic acids is 1. The highest BCUT2D eigenvalue weighted by Crippen LogP contribution is 2.30. The second kappa shape index (κ2) is 10.2. The molecule has 1 unspecified atom stereocenters. The molecule has 166 valence electrons. The fourth-order valence-electron chi connectivity index (χ4n) is 2.93. The number of amides is 2. The van der Waals surface area contributed by atoms with Gasteiger partial charge in [-0.15, -0.1) is 11.8 Å². The maximum absolute atomic E-state index is 12.5. The van der Waals surface area contributed by atoms with E-state index in [4.69, 9.17) is 33.0 Å². The molecule has 0 spiro atoms. The number of benzene rings is 2. The third-order valence-electron chi connectivity index (χ3n) is 4.44. The summed E-state index contributed by atoms with van der Waals surface area (Å²) in [5.41, 5.74) is 0.527. The van der Waals surface area contributed by atoms with Crippen LogP contribution in [0.15, 0.2) is 42.5 Å². The summed E-state index contributed by atoms with van der Waals surface area (Å²) in [7, 11) is 0.